The van der Waals surface area contributed by atoms with Crippen LogP contribution in [-0.2, 0) is 27.3 Å². The van der Waals surface area contributed by atoms with Crippen LogP contribution in [-0.4, -0.2) is 11.1 Å². The van der Waals surface area contributed by atoms with E-state index in [1.54, 1.807) is 13.8 Å². The van der Waals surface area contributed by atoms with E-state index >= 15 is 0 Å². The van der Waals surface area contributed by atoms with Crippen LogP contribution in [0.3, 0.4) is 0 Å². The van der Waals surface area contributed by atoms with Gasteiger partial charge in [0.25, 0.3) is 0 Å². The second-order valence-electron chi connectivity index (χ2n) is 4.07. The Kier molecular flexibility index (Phi) is 6.55. The molecule has 2 rings (SSSR count). The second kappa shape index (κ2) is 7.10. The van der Waals surface area contributed by atoms with Gasteiger partial charge in [-0.25, -0.2) is 18.2 Å². The molecule has 0 atom stereocenters. The van der Waals surface area contributed by atoms with Crippen LogP contribution >= 0.6 is 0 Å². The fourth-order valence-electron chi connectivity index (χ4n) is 1.23. The number of carbonyl (C=O) groups is 1. The predicted molar refractivity (Wildman–Crippen MR) is 64.7 cm³/mol. The van der Waals surface area contributed by atoms with Gasteiger partial charge in [0, 0.05) is 5.41 Å². The van der Waals surface area contributed by atoms with E-state index in [-0.39, 0.29) is 17.1 Å². The molecule has 0 amide bonds. The van der Waals surface area contributed by atoms with Crippen molar-refractivity contribution in [3.05, 3.63) is 60.2 Å². The molecule has 0 radical (unpaired) electrons. The van der Waals surface area contributed by atoms with E-state index < -0.39 is 11.4 Å². The Morgan fingerprint density at radius 1 is 1.18 bits per heavy atom. The van der Waals surface area contributed by atoms with Crippen LogP contribution in [0.4, 0.5) is 0 Å². The molecule has 0 heterocycles. The first kappa shape index (κ1) is 15.7. The minimum absolute atomic E-state index is 0. The molecule has 0 aromatic heterocycles. The molecule has 2 aromatic carbocycles. The molecule has 0 saturated heterocycles. The van der Waals surface area contributed by atoms with Gasteiger partial charge in [-0.2, -0.15) is 42.0 Å². The van der Waals surface area contributed by atoms with Crippen molar-refractivity contribution in [2.24, 2.45) is 0 Å². The summed E-state index contributed by atoms with van der Waals surface area (Å²) in [6.45, 7) is 3.40. The van der Waals surface area contributed by atoms with Gasteiger partial charge in [0.2, 0.25) is 0 Å². The third kappa shape index (κ3) is 4.59. The Morgan fingerprint density at radius 3 is 2.06 bits per heavy atom. The van der Waals surface area contributed by atoms with Crippen molar-refractivity contribution >= 4 is 5.97 Å². The van der Waals surface area contributed by atoms with E-state index in [0.717, 1.165) is 5.56 Å². The average molecular weight is 272 g/mol. The molecule has 17 heavy (non-hydrogen) atoms. The number of hydrogen-bond acceptors (Lipinski definition) is 1. The van der Waals surface area contributed by atoms with Crippen molar-refractivity contribution in [1.29, 1.82) is 0 Å². The van der Waals surface area contributed by atoms with Gasteiger partial charge in [0.1, 0.15) is 0 Å². The topological polar surface area (TPSA) is 37.3 Å². The third-order valence-corrected chi connectivity index (χ3v) is 2.47. The van der Waals surface area contributed by atoms with E-state index in [1.165, 1.54) is 0 Å². The Bertz CT molecular complexity index is 382. The number of carboxylic acid groups (broad SMARTS) is 1. The molecule has 0 aliphatic rings. The van der Waals surface area contributed by atoms with Crippen LogP contribution in [0.2, 0.25) is 0 Å². The summed E-state index contributed by atoms with van der Waals surface area (Å²) in [5.41, 5.74) is 0.0914. The second-order valence-corrected chi connectivity index (χ2v) is 4.07. The fraction of sp³-hybridized carbons (Fsp3) is 0.214. The predicted octanol–water partition coefficient (Wildman–Crippen LogP) is 3.17. The zero-order valence-electron chi connectivity index (χ0n) is 9.91. The zero-order chi connectivity index (χ0) is 12.0. The molecular formula is C14H16FeO2. The number of aliphatic carboxylic acids is 1. The van der Waals surface area contributed by atoms with Crippen LogP contribution in [0.1, 0.15) is 19.4 Å². The summed E-state index contributed by atoms with van der Waals surface area (Å²) in [5.74, 6) is -0.788. The maximum atomic E-state index is 10.7. The first-order valence-electron chi connectivity index (χ1n) is 5.17. The van der Waals surface area contributed by atoms with Gasteiger partial charge in [-0.15, -0.1) is 0 Å². The Hall–Kier alpha value is -1.31. The van der Waals surface area contributed by atoms with Gasteiger partial charge < -0.3 is 5.11 Å². The van der Waals surface area contributed by atoms with Crippen LogP contribution in [0, 0.1) is 0 Å². The molecule has 0 bridgehead atoms. The van der Waals surface area contributed by atoms with E-state index in [0.29, 0.717) is 0 Å². The van der Waals surface area contributed by atoms with Crippen LogP contribution < -0.4 is 0 Å². The minimum Gasteiger partial charge on any atom is -0.481 e. The Labute approximate surface area is 112 Å². The first-order chi connectivity index (χ1) is 7.55. The monoisotopic (exact) mass is 272 g/mol. The molecule has 2 nitrogen and oxygen atoms in total. The molecule has 0 spiro atoms. The SMILES string of the molecule is CC(C)(C(=O)O)c1cc[cH-]c1.[Fe+2].c1cc[cH-]c1. The summed E-state index contributed by atoms with van der Waals surface area (Å²) >= 11 is 0. The smallest absolute Gasteiger partial charge is 0.481 e. The molecular weight excluding hydrogens is 256 g/mol. The summed E-state index contributed by atoms with van der Waals surface area (Å²) in [6, 6.07) is 17.3. The summed E-state index contributed by atoms with van der Waals surface area (Å²) in [5, 5.41) is 8.81. The maximum Gasteiger partial charge on any atom is 2.00 e. The quantitative estimate of drug-likeness (QED) is 0.673. The first-order valence-corrected chi connectivity index (χ1v) is 5.17. The number of carboxylic acids is 1. The summed E-state index contributed by atoms with van der Waals surface area (Å²) in [7, 11) is 0. The van der Waals surface area contributed by atoms with Gasteiger partial charge in [-0.05, 0) is 0 Å². The van der Waals surface area contributed by atoms with Crippen molar-refractivity contribution in [2.75, 3.05) is 0 Å². The van der Waals surface area contributed by atoms with Gasteiger partial charge >= 0.3 is 23.0 Å². The molecule has 92 valence electrons. The average Bonchev–Trinajstić information content (AvgIpc) is 2.94. The third-order valence-electron chi connectivity index (χ3n) is 2.47. The number of hydrogen-bond donors (Lipinski definition) is 1. The summed E-state index contributed by atoms with van der Waals surface area (Å²) < 4.78 is 0. The van der Waals surface area contributed by atoms with E-state index in [2.05, 4.69) is 0 Å². The summed E-state index contributed by atoms with van der Waals surface area (Å²) in [4.78, 5) is 10.7. The van der Waals surface area contributed by atoms with Gasteiger partial charge in [-0.3, -0.25) is 4.79 Å². The summed E-state index contributed by atoms with van der Waals surface area (Å²) in [6.07, 6.45) is 0. The van der Waals surface area contributed by atoms with Crippen molar-refractivity contribution < 1.29 is 27.0 Å². The zero-order valence-corrected chi connectivity index (χ0v) is 11.0. The Morgan fingerprint density at radius 2 is 1.76 bits per heavy atom. The van der Waals surface area contributed by atoms with Crippen molar-refractivity contribution in [1.82, 2.24) is 0 Å². The van der Waals surface area contributed by atoms with Crippen LogP contribution in [0.15, 0.2) is 54.6 Å². The molecule has 0 saturated carbocycles. The van der Waals surface area contributed by atoms with E-state index in [9.17, 15) is 4.79 Å². The standard InChI is InChI=1S/C9H11O2.C5H5.Fe/c1-9(2,8(10)11)7-5-3-4-6-7;1-2-4-5-3-1;/h3-6H,1-2H3,(H,10,11);1-5H;/q2*-1;+2. The molecule has 1 N–H and O–H groups in total. The molecule has 2 aromatic rings. The van der Waals surface area contributed by atoms with Crippen molar-refractivity contribution in [3.8, 4) is 0 Å². The Balaban J connectivity index is 0.000000360. The molecule has 0 aliphatic carbocycles. The van der Waals surface area contributed by atoms with E-state index in [1.807, 2.05) is 54.6 Å². The van der Waals surface area contributed by atoms with Crippen molar-refractivity contribution in [3.63, 3.8) is 0 Å². The van der Waals surface area contributed by atoms with E-state index in [4.69, 9.17) is 5.11 Å². The normalized spacial score (nSPS) is 9.76. The maximum absolute atomic E-state index is 10.7. The van der Waals surface area contributed by atoms with Crippen LogP contribution in [0.25, 0.3) is 0 Å². The number of rotatable bonds is 2. The fourth-order valence-corrected chi connectivity index (χ4v) is 1.23. The largest absolute Gasteiger partial charge is 2.00 e. The molecule has 3 heteroatoms. The van der Waals surface area contributed by atoms with Gasteiger partial charge in [0.05, 0.1) is 0 Å². The van der Waals surface area contributed by atoms with Crippen LogP contribution in [0.5, 0.6) is 0 Å². The molecule has 0 unspecified atom stereocenters. The van der Waals surface area contributed by atoms with Gasteiger partial charge in [0.15, 0.2) is 0 Å². The van der Waals surface area contributed by atoms with Gasteiger partial charge in [-0.1, -0.05) is 13.8 Å². The minimum atomic E-state index is -0.788. The van der Waals surface area contributed by atoms with Crippen molar-refractivity contribution in [2.45, 2.75) is 19.3 Å². The molecule has 0 fully saturated rings. The molecule has 0 aliphatic heterocycles.